The summed E-state index contributed by atoms with van der Waals surface area (Å²) in [7, 11) is 1.39. The number of ether oxygens (including phenoxy) is 1. The van der Waals surface area contributed by atoms with Crippen molar-refractivity contribution in [1.29, 1.82) is 0 Å². The Bertz CT molecular complexity index is 495. The molecular weight excluding hydrogens is 266 g/mol. The van der Waals surface area contributed by atoms with Crippen molar-refractivity contribution < 1.29 is 14.3 Å². The van der Waals surface area contributed by atoms with E-state index >= 15 is 0 Å². The second-order valence-corrected chi connectivity index (χ2v) is 5.71. The fourth-order valence-electron chi connectivity index (χ4n) is 2.93. The zero-order chi connectivity index (χ0) is 15.2. The fraction of sp³-hybridized carbons (Fsp3) is 0.529. The van der Waals surface area contributed by atoms with Gasteiger partial charge in [-0.15, -0.1) is 0 Å². The highest BCUT2D eigenvalue weighted by atomic mass is 16.5. The van der Waals surface area contributed by atoms with E-state index in [0.717, 1.165) is 25.1 Å². The maximum absolute atomic E-state index is 11.4. The lowest BCUT2D eigenvalue weighted by Gasteiger charge is -2.35. The van der Waals surface area contributed by atoms with Crippen molar-refractivity contribution in [2.24, 2.45) is 0 Å². The highest BCUT2D eigenvalue weighted by Crippen LogP contribution is 2.22. The first kappa shape index (κ1) is 15.7. The van der Waals surface area contributed by atoms with E-state index in [2.05, 4.69) is 4.90 Å². The van der Waals surface area contributed by atoms with E-state index in [1.54, 1.807) is 19.1 Å². The molecule has 1 aromatic carbocycles. The highest BCUT2D eigenvalue weighted by molar-refractivity contribution is 5.89. The first-order valence-electron chi connectivity index (χ1n) is 7.51. The number of rotatable bonds is 5. The van der Waals surface area contributed by atoms with Gasteiger partial charge in [0.1, 0.15) is 5.78 Å². The Labute approximate surface area is 126 Å². The number of methoxy groups -OCH3 is 1. The molecule has 1 heterocycles. The minimum Gasteiger partial charge on any atom is -0.465 e. The van der Waals surface area contributed by atoms with E-state index in [4.69, 9.17) is 4.74 Å². The lowest BCUT2D eigenvalue weighted by Crippen LogP contribution is -2.39. The third-order valence-electron chi connectivity index (χ3n) is 4.03. The maximum Gasteiger partial charge on any atom is 0.337 e. The topological polar surface area (TPSA) is 46.6 Å². The van der Waals surface area contributed by atoms with Crippen molar-refractivity contribution in [1.82, 2.24) is 4.90 Å². The van der Waals surface area contributed by atoms with Gasteiger partial charge in [0.15, 0.2) is 0 Å². The van der Waals surface area contributed by atoms with Crippen LogP contribution in [-0.2, 0) is 16.1 Å². The summed E-state index contributed by atoms with van der Waals surface area (Å²) in [5, 5.41) is 0. The van der Waals surface area contributed by atoms with Gasteiger partial charge in [-0.2, -0.15) is 0 Å². The number of hydrogen-bond acceptors (Lipinski definition) is 4. The Kier molecular flexibility index (Phi) is 5.51. The molecule has 0 saturated carbocycles. The number of Topliss-reactive ketones (excluding diaryl/α,β-unsaturated/α-hetero) is 1. The van der Waals surface area contributed by atoms with E-state index < -0.39 is 0 Å². The number of benzene rings is 1. The molecule has 1 aliphatic rings. The van der Waals surface area contributed by atoms with Gasteiger partial charge in [-0.25, -0.2) is 4.79 Å². The molecule has 1 aliphatic heterocycles. The average molecular weight is 289 g/mol. The molecule has 1 atom stereocenters. The first-order valence-corrected chi connectivity index (χ1v) is 7.51. The van der Waals surface area contributed by atoms with Gasteiger partial charge in [0.25, 0.3) is 0 Å². The molecular formula is C17H23NO3. The van der Waals surface area contributed by atoms with Gasteiger partial charge in [0.2, 0.25) is 0 Å². The van der Waals surface area contributed by atoms with Crippen molar-refractivity contribution in [2.75, 3.05) is 13.7 Å². The van der Waals surface area contributed by atoms with Crippen LogP contribution < -0.4 is 0 Å². The number of likely N-dealkylation sites (tertiary alicyclic amines) is 1. The minimum atomic E-state index is -0.311. The lowest BCUT2D eigenvalue weighted by molar-refractivity contribution is -0.118. The normalized spacial score (nSPS) is 19.2. The predicted molar refractivity (Wildman–Crippen MR) is 81.1 cm³/mol. The smallest absolute Gasteiger partial charge is 0.337 e. The van der Waals surface area contributed by atoms with Crippen molar-refractivity contribution >= 4 is 11.8 Å². The van der Waals surface area contributed by atoms with Crippen LogP contribution in [-0.4, -0.2) is 36.3 Å². The quantitative estimate of drug-likeness (QED) is 0.782. The molecule has 2 rings (SSSR count). The molecule has 0 amide bonds. The third-order valence-corrected chi connectivity index (χ3v) is 4.03. The van der Waals surface area contributed by atoms with Crippen molar-refractivity contribution in [3.63, 3.8) is 0 Å². The number of hydrogen-bond donors (Lipinski definition) is 0. The molecule has 0 bridgehead atoms. The fourth-order valence-corrected chi connectivity index (χ4v) is 2.93. The van der Waals surface area contributed by atoms with Crippen LogP contribution in [0.3, 0.4) is 0 Å². The molecule has 1 aromatic rings. The Morgan fingerprint density at radius 3 is 2.57 bits per heavy atom. The largest absolute Gasteiger partial charge is 0.465 e. The Morgan fingerprint density at radius 1 is 1.24 bits per heavy atom. The monoisotopic (exact) mass is 289 g/mol. The lowest BCUT2D eigenvalue weighted by atomic mass is 9.97. The summed E-state index contributed by atoms with van der Waals surface area (Å²) in [4.78, 5) is 25.2. The molecule has 1 fully saturated rings. The Hall–Kier alpha value is -1.68. The van der Waals surface area contributed by atoms with Gasteiger partial charge >= 0.3 is 5.97 Å². The summed E-state index contributed by atoms with van der Waals surface area (Å²) >= 11 is 0. The average Bonchev–Trinajstić information content (AvgIpc) is 2.49. The molecule has 0 radical (unpaired) electrons. The Balaban J connectivity index is 2.01. The first-order chi connectivity index (χ1) is 10.1. The van der Waals surface area contributed by atoms with Crippen LogP contribution in [0.25, 0.3) is 0 Å². The zero-order valence-corrected chi connectivity index (χ0v) is 12.8. The third kappa shape index (κ3) is 4.39. The predicted octanol–water partition coefficient (Wildman–Crippen LogP) is 2.81. The summed E-state index contributed by atoms with van der Waals surface area (Å²) in [5.74, 6) is -0.0538. The zero-order valence-electron chi connectivity index (χ0n) is 12.8. The van der Waals surface area contributed by atoms with E-state index in [0.29, 0.717) is 18.0 Å². The van der Waals surface area contributed by atoms with Gasteiger partial charge in [-0.05, 0) is 44.0 Å². The molecule has 21 heavy (non-hydrogen) atoms. The van der Waals surface area contributed by atoms with Gasteiger partial charge in [0, 0.05) is 19.0 Å². The number of esters is 1. The Morgan fingerprint density at radius 2 is 1.95 bits per heavy atom. The van der Waals surface area contributed by atoms with Crippen molar-refractivity contribution in [3.05, 3.63) is 35.4 Å². The van der Waals surface area contributed by atoms with E-state index in [-0.39, 0.29) is 11.8 Å². The SMILES string of the molecule is COC(=O)c1ccc(CN2CCCCC2CC(C)=O)cc1. The summed E-state index contributed by atoms with van der Waals surface area (Å²) < 4.78 is 4.70. The van der Waals surface area contributed by atoms with Crippen LogP contribution in [0.2, 0.25) is 0 Å². The molecule has 4 heteroatoms. The van der Waals surface area contributed by atoms with Gasteiger partial charge in [-0.3, -0.25) is 9.69 Å². The molecule has 0 spiro atoms. The summed E-state index contributed by atoms with van der Waals surface area (Å²) in [5.41, 5.74) is 1.73. The molecule has 0 N–H and O–H groups in total. The van der Waals surface area contributed by atoms with Crippen molar-refractivity contribution in [3.8, 4) is 0 Å². The number of piperidine rings is 1. The molecule has 0 aliphatic carbocycles. The summed E-state index contributed by atoms with van der Waals surface area (Å²) in [6.45, 7) is 3.54. The van der Waals surface area contributed by atoms with Crippen LogP contribution >= 0.6 is 0 Å². The molecule has 1 unspecified atom stereocenters. The van der Waals surface area contributed by atoms with Crippen LogP contribution in [0.5, 0.6) is 0 Å². The van der Waals surface area contributed by atoms with Crippen LogP contribution in [0.4, 0.5) is 0 Å². The summed E-state index contributed by atoms with van der Waals surface area (Å²) in [6.07, 6.45) is 4.13. The second-order valence-electron chi connectivity index (χ2n) is 5.71. The van der Waals surface area contributed by atoms with Gasteiger partial charge in [0.05, 0.1) is 12.7 Å². The standard InChI is InChI=1S/C17H23NO3/c1-13(19)11-16-5-3-4-10-18(16)12-14-6-8-15(9-7-14)17(20)21-2/h6-9,16H,3-5,10-12H2,1-2H3. The molecule has 114 valence electrons. The second kappa shape index (κ2) is 7.36. The van der Waals surface area contributed by atoms with E-state index in [1.165, 1.54) is 20.0 Å². The van der Waals surface area contributed by atoms with Crippen LogP contribution in [0.1, 0.15) is 48.5 Å². The van der Waals surface area contributed by atoms with E-state index in [9.17, 15) is 9.59 Å². The molecule has 1 saturated heterocycles. The molecule has 0 aromatic heterocycles. The summed E-state index contributed by atoms with van der Waals surface area (Å²) in [6, 6.07) is 7.88. The number of nitrogens with zero attached hydrogens (tertiary/aromatic N) is 1. The highest BCUT2D eigenvalue weighted by Gasteiger charge is 2.23. The molecule has 4 nitrogen and oxygen atoms in total. The maximum atomic E-state index is 11.4. The number of ketones is 1. The number of carbonyl (C=O) groups is 2. The van der Waals surface area contributed by atoms with Crippen LogP contribution in [0, 0.1) is 0 Å². The van der Waals surface area contributed by atoms with Crippen LogP contribution in [0.15, 0.2) is 24.3 Å². The van der Waals surface area contributed by atoms with Gasteiger partial charge < -0.3 is 4.74 Å². The number of carbonyl (C=O) groups excluding carboxylic acids is 2. The van der Waals surface area contributed by atoms with Gasteiger partial charge in [-0.1, -0.05) is 18.6 Å². The minimum absolute atomic E-state index is 0.257. The van der Waals surface area contributed by atoms with E-state index in [1.807, 2.05) is 12.1 Å². The van der Waals surface area contributed by atoms with Crippen molar-refractivity contribution in [2.45, 2.75) is 45.2 Å².